The quantitative estimate of drug-likeness (QED) is 0.778. The zero-order chi connectivity index (χ0) is 14.5. The number of aromatic nitrogens is 4. The van der Waals surface area contributed by atoms with E-state index in [1.807, 2.05) is 42.3 Å². The predicted molar refractivity (Wildman–Crippen MR) is 74.2 cm³/mol. The summed E-state index contributed by atoms with van der Waals surface area (Å²) in [5, 5.41) is 11.7. The Morgan fingerprint density at radius 2 is 1.90 bits per heavy atom. The zero-order valence-electron chi connectivity index (χ0n) is 11.9. The fourth-order valence-electron chi connectivity index (χ4n) is 1.74. The number of para-hydroxylation sites is 1. The molecule has 0 bridgehead atoms. The first-order chi connectivity index (χ1) is 9.58. The highest BCUT2D eigenvalue weighted by molar-refractivity contribution is 5.77. The van der Waals surface area contributed by atoms with Crippen molar-refractivity contribution >= 4 is 5.91 Å². The molecule has 0 fully saturated rings. The highest BCUT2D eigenvalue weighted by Crippen LogP contribution is 2.08. The fourth-order valence-corrected chi connectivity index (χ4v) is 1.74. The molecular formula is C13H18N6O. The van der Waals surface area contributed by atoms with Crippen molar-refractivity contribution in [3.05, 3.63) is 36.2 Å². The Balaban J connectivity index is 2.08. The largest absolute Gasteiger partial charge is 0.348 e. The second kappa shape index (κ2) is 6.25. The molecule has 2 rings (SSSR count). The summed E-state index contributed by atoms with van der Waals surface area (Å²) in [6.07, 6.45) is 0. The second-order valence-corrected chi connectivity index (χ2v) is 4.80. The molecule has 7 heteroatoms. The molecule has 7 nitrogen and oxygen atoms in total. The van der Waals surface area contributed by atoms with E-state index in [0.29, 0.717) is 18.9 Å². The van der Waals surface area contributed by atoms with Crippen LogP contribution in [0.3, 0.4) is 0 Å². The molecule has 0 atom stereocenters. The summed E-state index contributed by atoms with van der Waals surface area (Å²) in [4.78, 5) is 15.1. The Morgan fingerprint density at radius 1 is 1.20 bits per heavy atom. The molecule has 106 valence electrons. The molecule has 0 radical (unpaired) electrons. The van der Waals surface area contributed by atoms with Crippen LogP contribution >= 0.6 is 0 Å². The molecule has 1 aromatic carbocycles. The van der Waals surface area contributed by atoms with Crippen LogP contribution in [-0.4, -0.2) is 63.6 Å². The van der Waals surface area contributed by atoms with Gasteiger partial charge in [0.25, 0.3) is 0 Å². The lowest BCUT2D eigenvalue weighted by atomic mass is 10.3. The van der Waals surface area contributed by atoms with Crippen LogP contribution in [0.2, 0.25) is 0 Å². The maximum Gasteiger partial charge on any atom is 0.236 e. The van der Waals surface area contributed by atoms with Gasteiger partial charge in [0.15, 0.2) is 5.82 Å². The van der Waals surface area contributed by atoms with E-state index < -0.39 is 0 Å². The molecule has 2 aromatic rings. The van der Waals surface area contributed by atoms with Crippen molar-refractivity contribution in [2.24, 2.45) is 0 Å². The highest BCUT2D eigenvalue weighted by Gasteiger charge is 2.13. The number of tetrazole rings is 1. The molecule has 0 unspecified atom stereocenters. The van der Waals surface area contributed by atoms with Gasteiger partial charge in [-0.3, -0.25) is 9.69 Å². The molecule has 1 amide bonds. The van der Waals surface area contributed by atoms with E-state index in [4.69, 9.17) is 0 Å². The van der Waals surface area contributed by atoms with Gasteiger partial charge >= 0.3 is 0 Å². The molecular weight excluding hydrogens is 256 g/mol. The summed E-state index contributed by atoms with van der Waals surface area (Å²) < 4.78 is 1.68. The molecule has 0 saturated heterocycles. The van der Waals surface area contributed by atoms with E-state index in [0.717, 1.165) is 5.69 Å². The Labute approximate surface area is 117 Å². The number of nitrogens with zero attached hydrogens (tertiary/aromatic N) is 6. The van der Waals surface area contributed by atoms with Gasteiger partial charge in [-0.1, -0.05) is 18.2 Å². The van der Waals surface area contributed by atoms with E-state index in [-0.39, 0.29) is 5.91 Å². The summed E-state index contributed by atoms with van der Waals surface area (Å²) in [5.74, 6) is 0.747. The minimum absolute atomic E-state index is 0.0474. The van der Waals surface area contributed by atoms with Crippen LogP contribution in [0.1, 0.15) is 5.82 Å². The lowest BCUT2D eigenvalue weighted by molar-refractivity contribution is -0.129. The predicted octanol–water partition coefficient (Wildman–Crippen LogP) is 0.182. The summed E-state index contributed by atoms with van der Waals surface area (Å²) in [6.45, 7) is 0.829. The summed E-state index contributed by atoms with van der Waals surface area (Å²) in [5.41, 5.74) is 0.903. The number of amides is 1. The van der Waals surface area contributed by atoms with E-state index >= 15 is 0 Å². The van der Waals surface area contributed by atoms with E-state index in [9.17, 15) is 4.79 Å². The molecule has 0 spiro atoms. The average molecular weight is 274 g/mol. The van der Waals surface area contributed by atoms with Crippen LogP contribution in [0.15, 0.2) is 30.3 Å². The Morgan fingerprint density at radius 3 is 2.55 bits per heavy atom. The second-order valence-electron chi connectivity index (χ2n) is 4.80. The number of benzene rings is 1. The summed E-state index contributed by atoms with van der Waals surface area (Å²) in [6, 6.07) is 9.67. The molecule has 0 N–H and O–H groups in total. The molecule has 0 aliphatic rings. The van der Waals surface area contributed by atoms with Crippen LogP contribution in [0.5, 0.6) is 0 Å². The SMILES string of the molecule is CN(CC(=O)N(C)C)Cc1nnnn1-c1ccccc1. The van der Waals surface area contributed by atoms with Crippen LogP contribution in [0, 0.1) is 0 Å². The van der Waals surface area contributed by atoms with Gasteiger partial charge in [0.2, 0.25) is 5.91 Å². The minimum atomic E-state index is 0.0474. The maximum absolute atomic E-state index is 11.7. The van der Waals surface area contributed by atoms with Crippen molar-refractivity contribution < 1.29 is 4.79 Å². The van der Waals surface area contributed by atoms with Crippen LogP contribution in [-0.2, 0) is 11.3 Å². The fraction of sp³-hybridized carbons (Fsp3) is 0.385. The van der Waals surface area contributed by atoms with Gasteiger partial charge in [-0.05, 0) is 29.6 Å². The first kappa shape index (κ1) is 14.1. The molecule has 1 aromatic heterocycles. The van der Waals surface area contributed by atoms with Gasteiger partial charge in [-0.15, -0.1) is 5.10 Å². The van der Waals surface area contributed by atoms with Gasteiger partial charge in [0.05, 0.1) is 18.8 Å². The van der Waals surface area contributed by atoms with Crippen LogP contribution in [0.4, 0.5) is 0 Å². The van der Waals surface area contributed by atoms with Gasteiger partial charge in [0.1, 0.15) is 0 Å². The zero-order valence-corrected chi connectivity index (χ0v) is 11.9. The van der Waals surface area contributed by atoms with Crippen molar-refractivity contribution in [2.75, 3.05) is 27.7 Å². The summed E-state index contributed by atoms with van der Waals surface area (Å²) in [7, 11) is 5.35. The third-order valence-corrected chi connectivity index (χ3v) is 2.85. The number of carbonyl (C=O) groups is 1. The van der Waals surface area contributed by atoms with Crippen LogP contribution < -0.4 is 0 Å². The van der Waals surface area contributed by atoms with Crippen LogP contribution in [0.25, 0.3) is 5.69 Å². The third-order valence-electron chi connectivity index (χ3n) is 2.85. The smallest absolute Gasteiger partial charge is 0.236 e. The van der Waals surface area contributed by atoms with Crippen molar-refractivity contribution in [2.45, 2.75) is 6.54 Å². The van der Waals surface area contributed by atoms with Gasteiger partial charge < -0.3 is 4.90 Å². The van der Waals surface area contributed by atoms with E-state index in [1.165, 1.54) is 0 Å². The topological polar surface area (TPSA) is 67.2 Å². The number of rotatable bonds is 5. The first-order valence-electron chi connectivity index (χ1n) is 6.29. The van der Waals surface area contributed by atoms with Crippen molar-refractivity contribution in [1.82, 2.24) is 30.0 Å². The van der Waals surface area contributed by atoms with Crippen molar-refractivity contribution in [1.29, 1.82) is 0 Å². The number of likely N-dealkylation sites (N-methyl/N-ethyl adjacent to an activating group) is 2. The monoisotopic (exact) mass is 274 g/mol. The van der Waals surface area contributed by atoms with E-state index in [1.54, 1.807) is 23.7 Å². The average Bonchev–Trinajstić information content (AvgIpc) is 2.87. The normalized spacial score (nSPS) is 10.8. The van der Waals surface area contributed by atoms with Crippen molar-refractivity contribution in [3.63, 3.8) is 0 Å². The lowest BCUT2D eigenvalue weighted by Gasteiger charge is -2.18. The number of carbonyl (C=O) groups excluding carboxylic acids is 1. The molecule has 0 saturated carbocycles. The van der Waals surface area contributed by atoms with Gasteiger partial charge in [0, 0.05) is 14.1 Å². The minimum Gasteiger partial charge on any atom is -0.348 e. The molecule has 0 aliphatic carbocycles. The standard InChI is InChI=1S/C13H18N6O/c1-17(2)13(20)10-18(3)9-12-14-15-16-19(12)11-7-5-4-6-8-11/h4-8H,9-10H2,1-3H3. The summed E-state index contributed by atoms with van der Waals surface area (Å²) >= 11 is 0. The highest BCUT2D eigenvalue weighted by atomic mass is 16.2. The van der Waals surface area contributed by atoms with Crippen molar-refractivity contribution in [3.8, 4) is 5.69 Å². The third kappa shape index (κ3) is 3.39. The molecule has 20 heavy (non-hydrogen) atoms. The van der Waals surface area contributed by atoms with Gasteiger partial charge in [-0.2, -0.15) is 4.68 Å². The Bertz CT molecular complexity index is 565. The van der Waals surface area contributed by atoms with E-state index in [2.05, 4.69) is 15.5 Å². The number of hydrogen-bond donors (Lipinski definition) is 0. The molecule has 1 heterocycles. The Kier molecular flexibility index (Phi) is 4.41. The first-order valence-corrected chi connectivity index (χ1v) is 6.29. The molecule has 0 aliphatic heterocycles. The number of hydrogen-bond acceptors (Lipinski definition) is 5. The maximum atomic E-state index is 11.7. The lowest BCUT2D eigenvalue weighted by Crippen LogP contribution is -2.34. The Hall–Kier alpha value is -2.28. The van der Waals surface area contributed by atoms with Gasteiger partial charge in [-0.25, -0.2) is 0 Å².